The fourth-order valence-electron chi connectivity index (χ4n) is 2.33. The Hall–Kier alpha value is -2.61. The van der Waals surface area contributed by atoms with E-state index in [0.29, 0.717) is 5.56 Å². The van der Waals surface area contributed by atoms with Gasteiger partial charge in [-0.15, -0.1) is 0 Å². The van der Waals surface area contributed by atoms with Crippen LogP contribution in [0.25, 0.3) is 0 Å². The molecule has 0 aliphatic rings. The van der Waals surface area contributed by atoms with E-state index in [1.807, 2.05) is 13.8 Å². The summed E-state index contributed by atoms with van der Waals surface area (Å²) >= 11 is 0. The summed E-state index contributed by atoms with van der Waals surface area (Å²) in [5, 5.41) is 21.4. The fourth-order valence-corrected chi connectivity index (χ4v) is 2.33. The predicted octanol–water partition coefficient (Wildman–Crippen LogP) is 0.716. The van der Waals surface area contributed by atoms with Crippen molar-refractivity contribution >= 4 is 17.9 Å². The molecule has 0 radical (unpaired) electrons. The number of aliphatic hydroxyl groups is 1. The standard InChI is InChI=1S/C17H25N3O5/c1-11(2)9-20(10-14(21)16(18)24)17(25)19-13(8-15(22)23)12-6-4-3-5-7-12/h3-7,11,13-14,21H,8-10H2,1-2H3,(H2,18,24)(H,19,25)(H,22,23). The Balaban J connectivity index is 2.92. The summed E-state index contributed by atoms with van der Waals surface area (Å²) in [6, 6.07) is 7.43. The van der Waals surface area contributed by atoms with Crippen LogP contribution in [0.3, 0.4) is 0 Å². The Morgan fingerprint density at radius 3 is 2.24 bits per heavy atom. The van der Waals surface area contributed by atoms with Crippen LogP contribution in [-0.4, -0.2) is 52.2 Å². The summed E-state index contributed by atoms with van der Waals surface area (Å²) in [7, 11) is 0. The predicted molar refractivity (Wildman–Crippen MR) is 91.6 cm³/mol. The molecule has 0 bridgehead atoms. The highest BCUT2D eigenvalue weighted by Crippen LogP contribution is 2.17. The van der Waals surface area contributed by atoms with E-state index >= 15 is 0 Å². The van der Waals surface area contributed by atoms with Crippen molar-refractivity contribution < 1.29 is 24.6 Å². The molecule has 0 aliphatic heterocycles. The number of carbonyl (C=O) groups is 3. The van der Waals surface area contributed by atoms with Gasteiger partial charge in [-0.1, -0.05) is 44.2 Å². The average molecular weight is 351 g/mol. The van der Waals surface area contributed by atoms with Gasteiger partial charge >= 0.3 is 12.0 Å². The van der Waals surface area contributed by atoms with Gasteiger partial charge in [0.25, 0.3) is 0 Å². The summed E-state index contributed by atoms with van der Waals surface area (Å²) in [6.45, 7) is 3.78. The van der Waals surface area contributed by atoms with E-state index in [1.165, 1.54) is 4.90 Å². The van der Waals surface area contributed by atoms with Crippen molar-refractivity contribution in [3.8, 4) is 0 Å². The molecule has 138 valence electrons. The van der Waals surface area contributed by atoms with E-state index in [-0.39, 0.29) is 25.4 Å². The summed E-state index contributed by atoms with van der Waals surface area (Å²) < 4.78 is 0. The Morgan fingerprint density at radius 1 is 1.16 bits per heavy atom. The number of benzene rings is 1. The Labute approximate surface area is 146 Å². The first-order chi connectivity index (χ1) is 11.7. The van der Waals surface area contributed by atoms with Gasteiger partial charge in [-0.3, -0.25) is 9.59 Å². The first-order valence-corrected chi connectivity index (χ1v) is 8.00. The van der Waals surface area contributed by atoms with E-state index < -0.39 is 30.1 Å². The smallest absolute Gasteiger partial charge is 0.318 e. The van der Waals surface area contributed by atoms with E-state index in [0.717, 1.165) is 0 Å². The molecule has 2 atom stereocenters. The number of carboxylic acids is 1. The Morgan fingerprint density at radius 2 is 1.76 bits per heavy atom. The van der Waals surface area contributed by atoms with Crippen LogP contribution in [0, 0.1) is 5.92 Å². The number of aliphatic carboxylic acids is 1. The normalized spacial score (nSPS) is 13.1. The third-order valence-electron chi connectivity index (χ3n) is 3.47. The first-order valence-electron chi connectivity index (χ1n) is 8.00. The van der Waals surface area contributed by atoms with Crippen LogP contribution in [0.15, 0.2) is 30.3 Å². The number of nitrogens with one attached hydrogen (secondary N) is 1. The summed E-state index contributed by atoms with van der Waals surface area (Å²) in [4.78, 5) is 36.0. The second-order valence-corrected chi connectivity index (χ2v) is 6.23. The SMILES string of the molecule is CC(C)CN(CC(O)C(N)=O)C(=O)NC(CC(=O)O)c1ccccc1. The zero-order valence-electron chi connectivity index (χ0n) is 14.4. The number of carboxylic acid groups (broad SMARTS) is 1. The Bertz CT molecular complexity index is 591. The first kappa shape index (κ1) is 20.4. The highest BCUT2D eigenvalue weighted by molar-refractivity contribution is 5.81. The van der Waals surface area contributed by atoms with Crippen LogP contribution in [0.4, 0.5) is 4.79 Å². The van der Waals surface area contributed by atoms with E-state index in [2.05, 4.69) is 5.32 Å². The molecule has 0 fully saturated rings. The molecule has 8 heteroatoms. The molecule has 1 aromatic rings. The molecule has 0 saturated carbocycles. The highest BCUT2D eigenvalue weighted by atomic mass is 16.4. The minimum atomic E-state index is -1.49. The van der Waals surface area contributed by atoms with Gasteiger partial charge in [0.05, 0.1) is 19.0 Å². The monoisotopic (exact) mass is 351 g/mol. The van der Waals surface area contributed by atoms with Gasteiger partial charge in [-0.05, 0) is 11.5 Å². The van der Waals surface area contributed by atoms with Gasteiger partial charge in [0.1, 0.15) is 6.10 Å². The minimum absolute atomic E-state index is 0.0838. The number of nitrogens with two attached hydrogens (primary N) is 1. The van der Waals surface area contributed by atoms with Crippen LogP contribution in [0.1, 0.15) is 31.9 Å². The zero-order chi connectivity index (χ0) is 19.0. The zero-order valence-corrected chi connectivity index (χ0v) is 14.4. The van der Waals surface area contributed by atoms with Crippen molar-refractivity contribution in [3.05, 3.63) is 35.9 Å². The van der Waals surface area contributed by atoms with Crippen molar-refractivity contribution in [3.63, 3.8) is 0 Å². The molecule has 0 aliphatic carbocycles. The van der Waals surface area contributed by atoms with Crippen molar-refractivity contribution in [1.82, 2.24) is 10.2 Å². The third kappa shape index (κ3) is 7.21. The second kappa shape index (κ2) is 9.63. The molecular weight excluding hydrogens is 326 g/mol. The van der Waals surface area contributed by atoms with Crippen molar-refractivity contribution in [2.24, 2.45) is 11.7 Å². The Kier molecular flexibility index (Phi) is 7.87. The number of primary amides is 1. The molecule has 2 unspecified atom stereocenters. The number of carbonyl (C=O) groups excluding carboxylic acids is 2. The molecule has 0 saturated heterocycles. The molecule has 5 N–H and O–H groups in total. The van der Waals surface area contributed by atoms with Gasteiger partial charge in [0.15, 0.2) is 0 Å². The number of nitrogens with zero attached hydrogens (tertiary/aromatic N) is 1. The lowest BCUT2D eigenvalue weighted by Crippen LogP contribution is -2.49. The van der Waals surface area contributed by atoms with E-state index in [4.69, 9.17) is 10.8 Å². The van der Waals surface area contributed by atoms with E-state index in [9.17, 15) is 19.5 Å². The largest absolute Gasteiger partial charge is 0.481 e. The molecule has 8 nitrogen and oxygen atoms in total. The fraction of sp³-hybridized carbons (Fsp3) is 0.471. The topological polar surface area (TPSA) is 133 Å². The second-order valence-electron chi connectivity index (χ2n) is 6.23. The maximum Gasteiger partial charge on any atom is 0.318 e. The molecule has 1 aromatic carbocycles. The number of rotatable bonds is 9. The number of hydrogen-bond acceptors (Lipinski definition) is 4. The molecule has 0 heterocycles. The maximum absolute atomic E-state index is 12.6. The van der Waals surface area contributed by atoms with Crippen LogP contribution in [0.5, 0.6) is 0 Å². The van der Waals surface area contributed by atoms with Crippen LogP contribution in [0.2, 0.25) is 0 Å². The summed E-state index contributed by atoms with van der Waals surface area (Å²) in [5.41, 5.74) is 5.70. The lowest BCUT2D eigenvalue weighted by molar-refractivity contribution is -0.137. The summed E-state index contributed by atoms with van der Waals surface area (Å²) in [6.07, 6.45) is -1.77. The number of aliphatic hydroxyl groups excluding tert-OH is 1. The van der Waals surface area contributed by atoms with Gasteiger partial charge in [-0.25, -0.2) is 4.79 Å². The number of amides is 3. The van der Waals surface area contributed by atoms with Gasteiger partial charge < -0.3 is 26.2 Å². The molecule has 25 heavy (non-hydrogen) atoms. The number of urea groups is 1. The lowest BCUT2D eigenvalue weighted by Gasteiger charge is -2.28. The minimum Gasteiger partial charge on any atom is -0.481 e. The van der Waals surface area contributed by atoms with Crippen molar-refractivity contribution in [2.45, 2.75) is 32.4 Å². The van der Waals surface area contributed by atoms with E-state index in [1.54, 1.807) is 30.3 Å². The quantitative estimate of drug-likeness (QED) is 0.520. The van der Waals surface area contributed by atoms with Crippen molar-refractivity contribution in [2.75, 3.05) is 13.1 Å². The van der Waals surface area contributed by atoms with Crippen LogP contribution < -0.4 is 11.1 Å². The van der Waals surface area contributed by atoms with Gasteiger partial charge in [0, 0.05) is 6.54 Å². The van der Waals surface area contributed by atoms with Crippen LogP contribution >= 0.6 is 0 Å². The molecule has 1 rings (SSSR count). The number of hydrogen-bond donors (Lipinski definition) is 4. The maximum atomic E-state index is 12.6. The van der Waals surface area contributed by atoms with Gasteiger partial charge in [-0.2, -0.15) is 0 Å². The molecule has 0 spiro atoms. The third-order valence-corrected chi connectivity index (χ3v) is 3.47. The molecule has 3 amide bonds. The molecule has 0 aromatic heterocycles. The highest BCUT2D eigenvalue weighted by Gasteiger charge is 2.25. The average Bonchev–Trinajstić information content (AvgIpc) is 2.53. The lowest BCUT2D eigenvalue weighted by atomic mass is 10.0. The van der Waals surface area contributed by atoms with Crippen LogP contribution in [-0.2, 0) is 9.59 Å². The van der Waals surface area contributed by atoms with Gasteiger partial charge in [0.2, 0.25) is 5.91 Å². The van der Waals surface area contributed by atoms with Crippen molar-refractivity contribution in [1.29, 1.82) is 0 Å². The molecular formula is C17H25N3O5. The summed E-state index contributed by atoms with van der Waals surface area (Å²) in [5.74, 6) is -1.89.